The summed E-state index contributed by atoms with van der Waals surface area (Å²) >= 11 is 0. The molecular weight excluding hydrogens is 452 g/mol. The average Bonchev–Trinajstić information content (AvgIpc) is 3.44. The number of benzene rings is 2. The van der Waals surface area contributed by atoms with Crippen LogP contribution < -0.4 is 10.2 Å². The third-order valence-corrected chi connectivity index (χ3v) is 8.49. The predicted octanol–water partition coefficient (Wildman–Crippen LogP) is 2.51. The van der Waals surface area contributed by atoms with Crippen molar-refractivity contribution in [3.05, 3.63) is 71.4 Å². The maximum absolute atomic E-state index is 13.0. The van der Waals surface area contributed by atoms with Gasteiger partial charge >= 0.3 is 0 Å². The van der Waals surface area contributed by atoms with Crippen molar-refractivity contribution in [2.45, 2.75) is 31.0 Å². The normalized spacial score (nSPS) is 19.2. The number of nitrogens with one attached hydrogen (secondary N) is 2. The number of amides is 1. The number of anilines is 2. The largest absolute Gasteiger partial charge is 0.369 e. The van der Waals surface area contributed by atoms with Crippen LogP contribution in [0, 0.1) is 0 Å². The molecule has 9 nitrogen and oxygen atoms in total. The highest BCUT2D eigenvalue weighted by Crippen LogP contribution is 2.31. The van der Waals surface area contributed by atoms with E-state index < -0.39 is 10.0 Å². The number of sulfonamides is 1. The molecule has 34 heavy (non-hydrogen) atoms. The van der Waals surface area contributed by atoms with Crippen molar-refractivity contribution in [2.24, 2.45) is 0 Å². The molecule has 1 saturated heterocycles. The fraction of sp³-hybridized carbons (Fsp3) is 0.333. The van der Waals surface area contributed by atoms with Crippen LogP contribution in [0.4, 0.5) is 11.5 Å². The minimum Gasteiger partial charge on any atom is -0.369 e. The Hall–Kier alpha value is -3.21. The maximum Gasteiger partial charge on any atom is 0.256 e. The molecule has 0 aliphatic carbocycles. The lowest BCUT2D eigenvalue weighted by molar-refractivity contribution is 0.102. The predicted molar refractivity (Wildman–Crippen MR) is 130 cm³/mol. The molecule has 0 spiro atoms. The van der Waals surface area contributed by atoms with Crippen molar-refractivity contribution >= 4 is 27.4 Å². The molecular formula is C24H28N6O3S. The molecule has 3 heterocycles. The molecule has 1 atom stereocenters. The summed E-state index contributed by atoms with van der Waals surface area (Å²) in [5.41, 5.74) is 3.00. The van der Waals surface area contributed by atoms with Gasteiger partial charge in [0.05, 0.1) is 17.1 Å². The first-order valence-corrected chi connectivity index (χ1v) is 12.7. The minimum absolute atomic E-state index is 0.152. The van der Waals surface area contributed by atoms with Gasteiger partial charge < -0.3 is 15.1 Å². The quantitative estimate of drug-likeness (QED) is 0.582. The zero-order valence-electron chi connectivity index (χ0n) is 19.2. The molecule has 5 rings (SSSR count). The van der Waals surface area contributed by atoms with Gasteiger partial charge in [0.15, 0.2) is 5.82 Å². The van der Waals surface area contributed by atoms with Crippen LogP contribution in [0.25, 0.3) is 0 Å². The summed E-state index contributed by atoms with van der Waals surface area (Å²) in [5, 5.41) is 9.92. The Morgan fingerprint density at radius 3 is 2.50 bits per heavy atom. The van der Waals surface area contributed by atoms with Gasteiger partial charge in [-0.2, -0.15) is 9.40 Å². The summed E-state index contributed by atoms with van der Waals surface area (Å²) < 4.78 is 27.3. The number of piperazine rings is 1. The third kappa shape index (κ3) is 4.20. The van der Waals surface area contributed by atoms with E-state index in [4.69, 9.17) is 0 Å². The number of fused-ring (bicyclic) bond motifs is 1. The van der Waals surface area contributed by atoms with Crippen molar-refractivity contribution in [1.82, 2.24) is 19.4 Å². The molecule has 2 aliphatic heterocycles. The van der Waals surface area contributed by atoms with E-state index in [1.54, 1.807) is 30.3 Å². The molecule has 0 saturated carbocycles. The van der Waals surface area contributed by atoms with Gasteiger partial charge in [-0.05, 0) is 50.4 Å². The first-order valence-electron chi connectivity index (χ1n) is 11.3. The average molecular weight is 481 g/mol. The Morgan fingerprint density at radius 1 is 1.06 bits per heavy atom. The SMILES string of the molecule is CC1CN(c2ccc(C(=O)Nc3n[nH]c4c3CN(S(=O)(=O)c3ccccc3)C4)cc2)CCN1C. The van der Waals surface area contributed by atoms with Gasteiger partial charge in [-0.25, -0.2) is 8.42 Å². The minimum atomic E-state index is -3.63. The standard InChI is InChI=1S/C24H28N6O3S/c1-17-14-29(13-12-28(17)2)19-10-8-18(9-11-19)24(31)25-23-21-15-30(16-22(21)26-27-23)34(32,33)20-6-4-3-5-7-20/h3-11,17H,12-16H2,1-2H3,(H2,25,26,27,31). The summed E-state index contributed by atoms with van der Waals surface area (Å²) in [6.07, 6.45) is 0. The Morgan fingerprint density at radius 2 is 1.79 bits per heavy atom. The van der Waals surface area contributed by atoms with E-state index in [1.165, 1.54) is 4.31 Å². The Labute approximate surface area is 199 Å². The number of carbonyl (C=O) groups is 1. The van der Waals surface area contributed by atoms with E-state index in [2.05, 4.69) is 39.3 Å². The highest BCUT2D eigenvalue weighted by molar-refractivity contribution is 7.89. The van der Waals surface area contributed by atoms with Crippen molar-refractivity contribution in [1.29, 1.82) is 0 Å². The van der Waals surface area contributed by atoms with Crippen LogP contribution in [0.2, 0.25) is 0 Å². The Balaban J connectivity index is 1.26. The lowest BCUT2D eigenvalue weighted by Crippen LogP contribution is -2.50. The number of aromatic nitrogens is 2. The fourth-order valence-corrected chi connectivity index (χ4v) is 5.81. The summed E-state index contributed by atoms with van der Waals surface area (Å²) in [6.45, 7) is 5.46. The monoisotopic (exact) mass is 480 g/mol. The van der Waals surface area contributed by atoms with Crippen LogP contribution in [0.15, 0.2) is 59.5 Å². The molecule has 0 bridgehead atoms. The van der Waals surface area contributed by atoms with Crippen LogP contribution in [0.1, 0.15) is 28.5 Å². The number of rotatable bonds is 5. The van der Waals surface area contributed by atoms with E-state index in [1.807, 2.05) is 24.3 Å². The van der Waals surface area contributed by atoms with Crippen LogP contribution >= 0.6 is 0 Å². The number of H-pyrrole nitrogens is 1. The maximum atomic E-state index is 13.0. The summed E-state index contributed by atoms with van der Waals surface area (Å²) in [5.74, 6) is 0.0830. The zero-order chi connectivity index (χ0) is 23.9. The zero-order valence-corrected chi connectivity index (χ0v) is 20.0. The summed E-state index contributed by atoms with van der Waals surface area (Å²) in [7, 11) is -1.50. The molecule has 2 aromatic carbocycles. The van der Waals surface area contributed by atoms with Crippen LogP contribution in [-0.4, -0.2) is 66.5 Å². The van der Waals surface area contributed by atoms with E-state index in [0.29, 0.717) is 28.7 Å². The number of hydrogen-bond donors (Lipinski definition) is 2. The van der Waals surface area contributed by atoms with E-state index >= 15 is 0 Å². The van der Waals surface area contributed by atoms with E-state index in [-0.39, 0.29) is 23.9 Å². The van der Waals surface area contributed by atoms with Crippen molar-refractivity contribution in [3.63, 3.8) is 0 Å². The van der Waals surface area contributed by atoms with Crippen LogP contribution in [0.5, 0.6) is 0 Å². The second-order valence-corrected chi connectivity index (χ2v) is 10.8. The first-order chi connectivity index (χ1) is 16.3. The highest BCUT2D eigenvalue weighted by atomic mass is 32.2. The molecule has 2 aliphatic rings. The topological polar surface area (TPSA) is 102 Å². The van der Waals surface area contributed by atoms with Crippen molar-refractivity contribution in [2.75, 3.05) is 36.9 Å². The molecule has 1 unspecified atom stereocenters. The number of carbonyl (C=O) groups excluding carboxylic acids is 1. The number of aromatic amines is 1. The van der Waals surface area contributed by atoms with Gasteiger partial charge in [0.25, 0.3) is 5.91 Å². The Bertz CT molecular complexity index is 1290. The molecule has 1 fully saturated rings. The smallest absolute Gasteiger partial charge is 0.256 e. The van der Waals surface area contributed by atoms with Gasteiger partial charge in [0.1, 0.15) is 0 Å². The number of nitrogens with zero attached hydrogens (tertiary/aromatic N) is 4. The summed E-state index contributed by atoms with van der Waals surface area (Å²) in [6, 6.07) is 16.4. The van der Waals surface area contributed by atoms with Gasteiger partial charge in [-0.1, -0.05) is 18.2 Å². The number of hydrogen-bond acceptors (Lipinski definition) is 6. The highest BCUT2D eigenvalue weighted by Gasteiger charge is 2.34. The second kappa shape index (κ2) is 8.86. The van der Waals surface area contributed by atoms with Crippen molar-refractivity contribution < 1.29 is 13.2 Å². The van der Waals surface area contributed by atoms with Gasteiger partial charge in [0.2, 0.25) is 10.0 Å². The summed E-state index contributed by atoms with van der Waals surface area (Å²) in [4.78, 5) is 17.8. The lowest BCUT2D eigenvalue weighted by atomic mass is 10.1. The van der Waals surface area contributed by atoms with Gasteiger partial charge in [-0.15, -0.1) is 0 Å². The van der Waals surface area contributed by atoms with E-state index in [0.717, 1.165) is 25.3 Å². The van der Waals surface area contributed by atoms with E-state index in [9.17, 15) is 13.2 Å². The van der Waals surface area contributed by atoms with Crippen LogP contribution in [0.3, 0.4) is 0 Å². The molecule has 178 valence electrons. The fourth-order valence-electron chi connectivity index (χ4n) is 4.41. The van der Waals surface area contributed by atoms with Gasteiger partial charge in [-0.3, -0.25) is 9.89 Å². The molecule has 10 heteroatoms. The molecule has 1 amide bonds. The third-order valence-electron chi connectivity index (χ3n) is 6.69. The molecule has 1 aromatic heterocycles. The molecule has 3 aromatic rings. The second-order valence-electron chi connectivity index (χ2n) is 8.89. The molecule has 0 radical (unpaired) electrons. The number of likely N-dealkylation sites (N-methyl/N-ethyl adjacent to an activating group) is 1. The van der Waals surface area contributed by atoms with Crippen LogP contribution in [-0.2, 0) is 23.1 Å². The van der Waals surface area contributed by atoms with Crippen molar-refractivity contribution in [3.8, 4) is 0 Å². The molecule has 2 N–H and O–H groups in total. The van der Waals surface area contributed by atoms with Gasteiger partial charge in [0, 0.05) is 49.0 Å². The Kier molecular flexibility index (Phi) is 5.88. The lowest BCUT2D eigenvalue weighted by Gasteiger charge is -2.39. The first kappa shape index (κ1) is 22.6.